The predicted octanol–water partition coefficient (Wildman–Crippen LogP) is 2.72. The van der Waals surface area contributed by atoms with E-state index in [2.05, 4.69) is 19.2 Å². The third kappa shape index (κ3) is 5.09. The van der Waals surface area contributed by atoms with Crippen LogP contribution < -0.4 is 5.32 Å². The number of methoxy groups -OCH3 is 1. The summed E-state index contributed by atoms with van der Waals surface area (Å²) in [5.41, 5.74) is 0.903. The van der Waals surface area contributed by atoms with Gasteiger partial charge in [-0.3, -0.25) is 4.79 Å². The number of esters is 1. The van der Waals surface area contributed by atoms with Crippen LogP contribution in [0.1, 0.15) is 25.8 Å². The minimum Gasteiger partial charge on any atom is -0.506 e. The van der Waals surface area contributed by atoms with E-state index >= 15 is 0 Å². The number of halogens is 1. The van der Waals surface area contributed by atoms with Crippen molar-refractivity contribution < 1.29 is 14.6 Å². The number of rotatable bonds is 6. The third-order valence-corrected chi connectivity index (χ3v) is 3.06. The summed E-state index contributed by atoms with van der Waals surface area (Å²) in [6.45, 7) is 4.59. The maximum atomic E-state index is 11.6. The molecule has 1 atom stereocenters. The lowest BCUT2D eigenvalue weighted by Crippen LogP contribution is -2.38. The lowest BCUT2D eigenvalue weighted by atomic mass is 10.0. The fourth-order valence-corrected chi connectivity index (χ4v) is 1.98. The molecule has 0 aliphatic carbocycles. The first-order chi connectivity index (χ1) is 8.93. The van der Waals surface area contributed by atoms with E-state index in [9.17, 15) is 9.90 Å². The quantitative estimate of drug-likeness (QED) is 0.789. The molecule has 1 aromatic carbocycles. The van der Waals surface area contributed by atoms with Crippen molar-refractivity contribution in [2.75, 3.05) is 7.11 Å². The number of ether oxygens (including phenoxy) is 1. The third-order valence-electron chi connectivity index (χ3n) is 2.76. The molecule has 0 aromatic heterocycles. The average Bonchev–Trinajstić information content (AvgIpc) is 2.37. The lowest BCUT2D eigenvalue weighted by Gasteiger charge is -2.18. The van der Waals surface area contributed by atoms with Gasteiger partial charge >= 0.3 is 5.97 Å². The van der Waals surface area contributed by atoms with E-state index in [-0.39, 0.29) is 17.8 Å². The van der Waals surface area contributed by atoms with Gasteiger partial charge in [-0.2, -0.15) is 0 Å². The van der Waals surface area contributed by atoms with Gasteiger partial charge < -0.3 is 15.2 Å². The van der Waals surface area contributed by atoms with Gasteiger partial charge in [0.15, 0.2) is 0 Å². The number of hydrogen-bond acceptors (Lipinski definition) is 4. The Morgan fingerprint density at radius 3 is 2.68 bits per heavy atom. The van der Waals surface area contributed by atoms with Gasteiger partial charge in [-0.15, -0.1) is 0 Å². The molecule has 106 valence electrons. The first kappa shape index (κ1) is 15.8. The average molecular weight is 286 g/mol. The van der Waals surface area contributed by atoms with Crippen LogP contribution in [0.4, 0.5) is 0 Å². The second-order valence-electron chi connectivity index (χ2n) is 4.87. The van der Waals surface area contributed by atoms with Gasteiger partial charge in [-0.05, 0) is 30.0 Å². The van der Waals surface area contributed by atoms with Crippen molar-refractivity contribution in [2.24, 2.45) is 5.92 Å². The van der Waals surface area contributed by atoms with Crippen molar-refractivity contribution in [3.63, 3.8) is 0 Å². The number of benzene rings is 1. The van der Waals surface area contributed by atoms with Crippen molar-refractivity contribution >= 4 is 17.6 Å². The topological polar surface area (TPSA) is 58.6 Å². The van der Waals surface area contributed by atoms with Gasteiger partial charge in [0.2, 0.25) is 0 Å². The summed E-state index contributed by atoms with van der Waals surface area (Å²) in [7, 11) is 1.38. The molecule has 0 fully saturated rings. The SMILES string of the molecule is COC(=O)C(CC(C)C)NCc1ccc(O)c(Cl)c1. The molecule has 1 unspecified atom stereocenters. The summed E-state index contributed by atoms with van der Waals surface area (Å²) in [5.74, 6) is 0.177. The Hall–Kier alpha value is -1.26. The smallest absolute Gasteiger partial charge is 0.322 e. The van der Waals surface area contributed by atoms with Gasteiger partial charge in [0.05, 0.1) is 12.1 Å². The molecule has 1 aromatic rings. The highest BCUT2D eigenvalue weighted by Crippen LogP contribution is 2.23. The highest BCUT2D eigenvalue weighted by atomic mass is 35.5. The Labute approximate surface area is 118 Å². The Morgan fingerprint density at radius 1 is 1.47 bits per heavy atom. The Balaban J connectivity index is 2.64. The van der Waals surface area contributed by atoms with Gasteiger partial charge in [-0.25, -0.2) is 0 Å². The fourth-order valence-electron chi connectivity index (χ4n) is 1.78. The maximum absolute atomic E-state index is 11.6. The Kier molecular flexibility index (Phi) is 6.12. The number of nitrogens with one attached hydrogen (secondary N) is 1. The molecule has 0 saturated carbocycles. The van der Waals surface area contributed by atoms with E-state index in [1.807, 2.05) is 0 Å². The van der Waals surface area contributed by atoms with Crippen LogP contribution in [0.2, 0.25) is 5.02 Å². The van der Waals surface area contributed by atoms with Crippen LogP contribution >= 0.6 is 11.6 Å². The van der Waals surface area contributed by atoms with Crippen LogP contribution in [0.25, 0.3) is 0 Å². The van der Waals surface area contributed by atoms with Gasteiger partial charge in [0.25, 0.3) is 0 Å². The molecule has 1 rings (SSSR count). The van der Waals surface area contributed by atoms with Crippen LogP contribution in [0.5, 0.6) is 5.75 Å². The summed E-state index contributed by atoms with van der Waals surface area (Å²) in [5, 5.41) is 12.8. The monoisotopic (exact) mass is 285 g/mol. The van der Waals surface area contributed by atoms with E-state index in [0.29, 0.717) is 23.9 Å². The van der Waals surface area contributed by atoms with Crippen LogP contribution in [0.3, 0.4) is 0 Å². The molecular weight excluding hydrogens is 266 g/mol. The first-order valence-corrected chi connectivity index (χ1v) is 6.60. The van der Waals surface area contributed by atoms with E-state index in [1.165, 1.54) is 13.2 Å². The van der Waals surface area contributed by atoms with E-state index in [1.54, 1.807) is 12.1 Å². The molecule has 0 amide bonds. The molecule has 0 spiro atoms. The highest BCUT2D eigenvalue weighted by Gasteiger charge is 2.19. The maximum Gasteiger partial charge on any atom is 0.322 e. The number of hydrogen-bond donors (Lipinski definition) is 2. The number of aromatic hydroxyl groups is 1. The molecule has 0 heterocycles. The zero-order valence-corrected chi connectivity index (χ0v) is 12.2. The number of carbonyl (C=O) groups excluding carboxylic acids is 1. The second kappa shape index (κ2) is 7.36. The zero-order valence-electron chi connectivity index (χ0n) is 11.4. The minimum atomic E-state index is -0.336. The summed E-state index contributed by atoms with van der Waals surface area (Å²) in [4.78, 5) is 11.6. The standard InChI is InChI=1S/C14H20ClNO3/c1-9(2)6-12(14(18)19-3)16-8-10-4-5-13(17)11(15)7-10/h4-5,7,9,12,16-17H,6,8H2,1-3H3. The summed E-state index contributed by atoms with van der Waals surface area (Å²) < 4.78 is 4.78. The van der Waals surface area contributed by atoms with Gasteiger partial charge in [-0.1, -0.05) is 31.5 Å². The second-order valence-corrected chi connectivity index (χ2v) is 5.28. The summed E-state index contributed by atoms with van der Waals surface area (Å²) >= 11 is 5.83. The number of carbonyl (C=O) groups is 1. The van der Waals surface area contributed by atoms with Crippen LogP contribution in [0.15, 0.2) is 18.2 Å². The van der Waals surface area contributed by atoms with Crippen molar-refractivity contribution in [3.8, 4) is 5.75 Å². The summed E-state index contributed by atoms with van der Waals surface area (Å²) in [6.07, 6.45) is 0.707. The Bertz CT molecular complexity index is 435. The molecule has 0 saturated heterocycles. The largest absolute Gasteiger partial charge is 0.506 e. The fraction of sp³-hybridized carbons (Fsp3) is 0.500. The number of phenols is 1. The van der Waals surface area contributed by atoms with Crippen molar-refractivity contribution in [1.82, 2.24) is 5.32 Å². The van der Waals surface area contributed by atoms with Crippen molar-refractivity contribution in [2.45, 2.75) is 32.9 Å². The van der Waals surface area contributed by atoms with E-state index < -0.39 is 0 Å². The van der Waals surface area contributed by atoms with E-state index in [4.69, 9.17) is 16.3 Å². The Morgan fingerprint density at radius 2 is 2.16 bits per heavy atom. The molecule has 0 aliphatic heterocycles. The molecule has 5 heteroatoms. The molecule has 0 radical (unpaired) electrons. The highest BCUT2D eigenvalue weighted by molar-refractivity contribution is 6.32. The summed E-state index contributed by atoms with van der Waals surface area (Å²) in [6, 6.07) is 4.64. The first-order valence-electron chi connectivity index (χ1n) is 6.22. The van der Waals surface area contributed by atoms with Crippen LogP contribution in [0, 0.1) is 5.92 Å². The van der Waals surface area contributed by atoms with Crippen LogP contribution in [-0.4, -0.2) is 24.2 Å². The van der Waals surface area contributed by atoms with Crippen molar-refractivity contribution in [3.05, 3.63) is 28.8 Å². The van der Waals surface area contributed by atoms with Crippen LogP contribution in [-0.2, 0) is 16.1 Å². The molecule has 2 N–H and O–H groups in total. The molecule has 19 heavy (non-hydrogen) atoms. The molecular formula is C14H20ClNO3. The molecule has 0 aliphatic rings. The van der Waals surface area contributed by atoms with Crippen molar-refractivity contribution in [1.29, 1.82) is 0 Å². The van der Waals surface area contributed by atoms with Gasteiger partial charge in [0, 0.05) is 6.54 Å². The van der Waals surface area contributed by atoms with Gasteiger partial charge in [0.1, 0.15) is 11.8 Å². The predicted molar refractivity (Wildman–Crippen MR) is 75.2 cm³/mol. The minimum absolute atomic E-state index is 0.0529. The van der Waals surface area contributed by atoms with E-state index in [0.717, 1.165) is 5.56 Å². The normalized spacial score (nSPS) is 12.5. The molecule has 0 bridgehead atoms. The zero-order chi connectivity index (χ0) is 14.4. The lowest BCUT2D eigenvalue weighted by molar-refractivity contribution is -0.143. The number of phenolic OH excluding ortho intramolecular Hbond substituents is 1. The molecule has 4 nitrogen and oxygen atoms in total.